The van der Waals surface area contributed by atoms with Crippen molar-refractivity contribution in [1.82, 2.24) is 9.97 Å². The van der Waals surface area contributed by atoms with Crippen molar-refractivity contribution in [3.8, 4) is 17.1 Å². The second-order valence-corrected chi connectivity index (χ2v) is 7.53. The normalized spacial score (nSPS) is 11.7. The van der Waals surface area contributed by atoms with Gasteiger partial charge >= 0.3 is 5.97 Å². The van der Waals surface area contributed by atoms with E-state index in [0.29, 0.717) is 33.1 Å². The Bertz CT molecular complexity index is 1280. The minimum atomic E-state index is -0.992. The van der Waals surface area contributed by atoms with Crippen LogP contribution in [0.5, 0.6) is 5.75 Å². The van der Waals surface area contributed by atoms with Crippen molar-refractivity contribution < 1.29 is 19.1 Å². The second kappa shape index (κ2) is 9.11. The molecule has 0 saturated carbocycles. The maximum Gasteiger partial charge on any atom is 0.338 e. The fraction of sp³-hybridized carbons (Fsp3) is 0.125. The van der Waals surface area contributed by atoms with E-state index in [0.717, 1.165) is 11.3 Å². The molecule has 1 aromatic heterocycles. The smallest absolute Gasteiger partial charge is 0.338 e. The van der Waals surface area contributed by atoms with Crippen LogP contribution in [0, 0.1) is 0 Å². The lowest BCUT2D eigenvalue weighted by Crippen LogP contribution is -2.30. The number of imidazole rings is 1. The number of carbonyl (C=O) groups is 2. The molecule has 0 radical (unpaired) electrons. The standard InChI is InChI=1S/C24H20ClN3O4/c1-14(23(29)26-18-5-3-4-17(25)13-18)32-24(30)16-8-11-20-21(12-16)28-22(27-20)15-6-9-19(31-2)10-7-15/h3-14H,1-2H3,(H,26,29)(H,27,28). The summed E-state index contributed by atoms with van der Waals surface area (Å²) in [7, 11) is 1.61. The van der Waals surface area contributed by atoms with Crippen molar-refractivity contribution in [2.45, 2.75) is 13.0 Å². The van der Waals surface area contributed by atoms with E-state index in [2.05, 4.69) is 15.3 Å². The number of nitrogens with one attached hydrogen (secondary N) is 2. The van der Waals surface area contributed by atoms with E-state index in [1.807, 2.05) is 24.3 Å². The Morgan fingerprint density at radius 1 is 1.06 bits per heavy atom. The minimum absolute atomic E-state index is 0.310. The fourth-order valence-corrected chi connectivity index (χ4v) is 3.30. The van der Waals surface area contributed by atoms with E-state index >= 15 is 0 Å². The van der Waals surface area contributed by atoms with Crippen molar-refractivity contribution >= 4 is 40.2 Å². The van der Waals surface area contributed by atoms with Gasteiger partial charge in [0.2, 0.25) is 0 Å². The van der Waals surface area contributed by atoms with Crippen LogP contribution in [0.2, 0.25) is 5.02 Å². The van der Waals surface area contributed by atoms with Crippen LogP contribution in [-0.4, -0.2) is 35.1 Å². The summed E-state index contributed by atoms with van der Waals surface area (Å²) in [6, 6.07) is 19.2. The topological polar surface area (TPSA) is 93.3 Å². The highest BCUT2D eigenvalue weighted by molar-refractivity contribution is 6.30. The first-order chi connectivity index (χ1) is 15.4. The Morgan fingerprint density at radius 3 is 2.56 bits per heavy atom. The van der Waals surface area contributed by atoms with E-state index in [4.69, 9.17) is 21.1 Å². The molecule has 1 amide bonds. The number of methoxy groups -OCH3 is 1. The molecule has 3 aromatic carbocycles. The number of ether oxygens (including phenoxy) is 2. The third-order valence-electron chi connectivity index (χ3n) is 4.83. The predicted molar refractivity (Wildman–Crippen MR) is 123 cm³/mol. The number of rotatable bonds is 6. The Hall–Kier alpha value is -3.84. The molecule has 0 fully saturated rings. The molecule has 7 nitrogen and oxygen atoms in total. The van der Waals surface area contributed by atoms with Gasteiger partial charge in [-0.25, -0.2) is 9.78 Å². The van der Waals surface area contributed by atoms with E-state index < -0.39 is 18.0 Å². The maximum absolute atomic E-state index is 12.6. The zero-order valence-electron chi connectivity index (χ0n) is 17.4. The molecule has 8 heteroatoms. The van der Waals surface area contributed by atoms with Crippen LogP contribution in [0.15, 0.2) is 66.7 Å². The second-order valence-electron chi connectivity index (χ2n) is 7.09. The molecule has 0 spiro atoms. The first-order valence-corrected chi connectivity index (χ1v) is 10.2. The number of hydrogen-bond acceptors (Lipinski definition) is 5. The molecule has 0 aliphatic carbocycles. The number of fused-ring (bicyclic) bond motifs is 1. The number of amides is 1. The number of aromatic amines is 1. The lowest BCUT2D eigenvalue weighted by Gasteiger charge is -2.13. The predicted octanol–water partition coefficient (Wildman–Crippen LogP) is 5.08. The lowest BCUT2D eigenvalue weighted by molar-refractivity contribution is -0.123. The van der Waals surface area contributed by atoms with E-state index in [1.165, 1.54) is 6.92 Å². The molecule has 0 aliphatic rings. The molecule has 1 unspecified atom stereocenters. The van der Waals surface area contributed by atoms with Crippen LogP contribution in [0.4, 0.5) is 5.69 Å². The van der Waals surface area contributed by atoms with Crippen molar-refractivity contribution in [3.63, 3.8) is 0 Å². The summed E-state index contributed by atoms with van der Waals surface area (Å²) in [4.78, 5) is 32.7. The van der Waals surface area contributed by atoms with Gasteiger partial charge in [0.15, 0.2) is 6.10 Å². The maximum atomic E-state index is 12.6. The van der Waals surface area contributed by atoms with Gasteiger partial charge in [-0.15, -0.1) is 0 Å². The van der Waals surface area contributed by atoms with Crippen molar-refractivity contribution in [2.75, 3.05) is 12.4 Å². The van der Waals surface area contributed by atoms with Crippen LogP contribution in [0.1, 0.15) is 17.3 Å². The third kappa shape index (κ3) is 4.73. The number of aromatic nitrogens is 2. The van der Waals surface area contributed by atoms with Gasteiger partial charge in [0.25, 0.3) is 5.91 Å². The Labute approximate surface area is 189 Å². The number of H-pyrrole nitrogens is 1. The van der Waals surface area contributed by atoms with Gasteiger partial charge in [0.05, 0.1) is 23.7 Å². The highest BCUT2D eigenvalue weighted by Crippen LogP contribution is 2.24. The molecule has 2 N–H and O–H groups in total. The highest BCUT2D eigenvalue weighted by atomic mass is 35.5. The van der Waals surface area contributed by atoms with Gasteiger partial charge in [0, 0.05) is 16.3 Å². The SMILES string of the molecule is COc1ccc(-c2nc3ccc(C(=O)OC(C)C(=O)Nc4cccc(Cl)c4)cc3[nH]2)cc1. The summed E-state index contributed by atoms with van der Waals surface area (Å²) in [6.45, 7) is 1.51. The number of halogens is 1. The molecular formula is C24H20ClN3O4. The molecule has 0 aliphatic heterocycles. The third-order valence-corrected chi connectivity index (χ3v) is 5.06. The van der Waals surface area contributed by atoms with Crippen molar-refractivity contribution in [3.05, 3.63) is 77.3 Å². The van der Waals surface area contributed by atoms with Crippen LogP contribution in [-0.2, 0) is 9.53 Å². The van der Waals surface area contributed by atoms with Gasteiger partial charge < -0.3 is 19.8 Å². The van der Waals surface area contributed by atoms with Crippen molar-refractivity contribution in [2.24, 2.45) is 0 Å². The van der Waals surface area contributed by atoms with Crippen LogP contribution >= 0.6 is 11.6 Å². The largest absolute Gasteiger partial charge is 0.497 e. The molecular weight excluding hydrogens is 430 g/mol. The number of carbonyl (C=O) groups excluding carboxylic acids is 2. The summed E-state index contributed by atoms with van der Waals surface area (Å²) in [5, 5.41) is 3.17. The van der Waals surface area contributed by atoms with Gasteiger partial charge in [-0.3, -0.25) is 4.79 Å². The fourth-order valence-electron chi connectivity index (χ4n) is 3.11. The molecule has 0 bridgehead atoms. The Morgan fingerprint density at radius 2 is 1.84 bits per heavy atom. The quantitative estimate of drug-likeness (QED) is 0.400. The summed E-state index contributed by atoms with van der Waals surface area (Å²) in [5.74, 6) is 0.358. The van der Waals surface area contributed by atoms with Crippen LogP contribution < -0.4 is 10.1 Å². The Kier molecular flexibility index (Phi) is 6.09. The number of esters is 1. The van der Waals surface area contributed by atoms with Crippen molar-refractivity contribution in [1.29, 1.82) is 0 Å². The average Bonchev–Trinajstić information content (AvgIpc) is 3.22. The molecule has 4 aromatic rings. The number of hydrogen-bond donors (Lipinski definition) is 2. The molecule has 1 heterocycles. The number of benzene rings is 3. The molecule has 162 valence electrons. The summed E-state index contributed by atoms with van der Waals surface area (Å²) < 4.78 is 10.5. The number of nitrogens with zero attached hydrogens (tertiary/aromatic N) is 1. The summed E-state index contributed by atoms with van der Waals surface area (Å²) in [6.07, 6.45) is -0.992. The zero-order valence-corrected chi connectivity index (χ0v) is 18.1. The average molecular weight is 450 g/mol. The van der Waals surface area contributed by atoms with E-state index in [-0.39, 0.29) is 0 Å². The van der Waals surface area contributed by atoms with E-state index in [1.54, 1.807) is 49.6 Å². The van der Waals surface area contributed by atoms with Crippen LogP contribution in [0.3, 0.4) is 0 Å². The first kappa shape index (κ1) is 21.4. The monoisotopic (exact) mass is 449 g/mol. The van der Waals surface area contributed by atoms with Gasteiger partial charge in [-0.05, 0) is 67.6 Å². The Balaban J connectivity index is 1.46. The van der Waals surface area contributed by atoms with E-state index in [9.17, 15) is 9.59 Å². The molecule has 4 rings (SSSR count). The molecule has 1 atom stereocenters. The minimum Gasteiger partial charge on any atom is -0.497 e. The summed E-state index contributed by atoms with van der Waals surface area (Å²) in [5.41, 5.74) is 3.11. The van der Waals surface area contributed by atoms with Gasteiger partial charge in [-0.1, -0.05) is 17.7 Å². The van der Waals surface area contributed by atoms with Crippen LogP contribution in [0.25, 0.3) is 22.4 Å². The number of anilines is 1. The highest BCUT2D eigenvalue weighted by Gasteiger charge is 2.20. The zero-order chi connectivity index (χ0) is 22.7. The van der Waals surface area contributed by atoms with Gasteiger partial charge in [0.1, 0.15) is 11.6 Å². The van der Waals surface area contributed by atoms with Gasteiger partial charge in [-0.2, -0.15) is 0 Å². The molecule has 32 heavy (non-hydrogen) atoms. The first-order valence-electron chi connectivity index (χ1n) is 9.84. The lowest BCUT2D eigenvalue weighted by atomic mass is 10.2. The molecule has 0 saturated heterocycles. The summed E-state index contributed by atoms with van der Waals surface area (Å²) >= 11 is 5.92.